The van der Waals surface area contributed by atoms with E-state index in [9.17, 15) is 4.79 Å². The molecule has 4 heterocycles. The number of hydrogen-bond acceptors (Lipinski definition) is 6. The number of rotatable bonds is 4. The summed E-state index contributed by atoms with van der Waals surface area (Å²) in [5.41, 5.74) is 0.969. The molecule has 0 radical (unpaired) electrons. The topological polar surface area (TPSA) is 60.9 Å². The van der Waals surface area contributed by atoms with Gasteiger partial charge in [0, 0.05) is 24.4 Å². The zero-order valence-electron chi connectivity index (χ0n) is 13.3. The van der Waals surface area contributed by atoms with E-state index in [4.69, 9.17) is 14.2 Å². The molecule has 4 atom stereocenters. The minimum atomic E-state index is 0.0104. The van der Waals surface area contributed by atoms with Gasteiger partial charge in [0.2, 0.25) is 5.91 Å². The number of likely N-dealkylation sites (tertiary alicyclic amines) is 1. The third-order valence-corrected chi connectivity index (χ3v) is 5.84. The zero-order valence-corrected chi connectivity index (χ0v) is 14.1. The van der Waals surface area contributed by atoms with E-state index >= 15 is 0 Å². The zero-order chi connectivity index (χ0) is 15.8. The van der Waals surface area contributed by atoms with E-state index in [0.29, 0.717) is 39.6 Å². The van der Waals surface area contributed by atoms with Crippen LogP contribution in [0.3, 0.4) is 0 Å². The molecule has 3 saturated heterocycles. The molecule has 6 nitrogen and oxygen atoms in total. The lowest BCUT2D eigenvalue weighted by molar-refractivity contribution is -0.137. The highest BCUT2D eigenvalue weighted by Gasteiger charge is 2.49. The van der Waals surface area contributed by atoms with Gasteiger partial charge in [-0.05, 0) is 13.3 Å². The van der Waals surface area contributed by atoms with Crippen LogP contribution in [0.15, 0.2) is 5.38 Å². The molecule has 1 aromatic heterocycles. The summed E-state index contributed by atoms with van der Waals surface area (Å²) >= 11 is 1.63. The van der Waals surface area contributed by atoms with Crippen LogP contribution in [0.2, 0.25) is 0 Å². The second-order valence-electron chi connectivity index (χ2n) is 6.53. The lowest BCUT2D eigenvalue weighted by Crippen LogP contribution is -2.42. The number of ether oxygens (including phenoxy) is 3. The Kier molecular flexibility index (Phi) is 4.36. The monoisotopic (exact) mass is 338 g/mol. The van der Waals surface area contributed by atoms with Gasteiger partial charge in [-0.3, -0.25) is 4.79 Å². The Balaban J connectivity index is 1.41. The van der Waals surface area contributed by atoms with Gasteiger partial charge in [0.15, 0.2) is 0 Å². The summed E-state index contributed by atoms with van der Waals surface area (Å²) < 4.78 is 17.1. The molecule has 0 aliphatic carbocycles. The number of carbonyl (C=O) groups excluding carboxylic acids is 1. The summed E-state index contributed by atoms with van der Waals surface area (Å²) in [6.07, 6.45) is 0.868. The first-order valence-corrected chi connectivity index (χ1v) is 9.09. The molecule has 0 N–H and O–H groups in total. The Morgan fingerprint density at radius 3 is 3.09 bits per heavy atom. The number of nitrogens with zero attached hydrogens (tertiary/aromatic N) is 2. The van der Waals surface area contributed by atoms with E-state index in [2.05, 4.69) is 4.98 Å². The number of carbonyl (C=O) groups is 1. The molecule has 0 spiro atoms. The summed E-state index contributed by atoms with van der Waals surface area (Å²) in [4.78, 5) is 19.2. The molecule has 3 aliphatic rings. The molecule has 1 unspecified atom stereocenters. The van der Waals surface area contributed by atoms with E-state index in [0.717, 1.165) is 17.1 Å². The first-order valence-electron chi connectivity index (χ1n) is 8.21. The third-order valence-electron chi connectivity index (χ3n) is 5.02. The van der Waals surface area contributed by atoms with E-state index in [1.165, 1.54) is 0 Å². The first kappa shape index (κ1) is 15.5. The molecule has 0 bridgehead atoms. The van der Waals surface area contributed by atoms with Crippen molar-refractivity contribution in [3.8, 4) is 0 Å². The van der Waals surface area contributed by atoms with Gasteiger partial charge in [-0.25, -0.2) is 4.98 Å². The standard InChI is InChI=1S/C16H22N2O4S/c1-10-17-12(9-23-10)6-22-15-4-18(14-8-21-7-13(14)15)16(19)11-2-3-20-5-11/h9,11,13-15H,2-8H2,1H3/t11?,13-,14+,15-/m0/s1. The van der Waals surface area contributed by atoms with E-state index in [-0.39, 0.29) is 29.9 Å². The van der Waals surface area contributed by atoms with Crippen LogP contribution in [0, 0.1) is 18.8 Å². The van der Waals surface area contributed by atoms with Gasteiger partial charge in [0.05, 0.1) is 55.2 Å². The van der Waals surface area contributed by atoms with Gasteiger partial charge in [-0.15, -0.1) is 11.3 Å². The smallest absolute Gasteiger partial charge is 0.228 e. The van der Waals surface area contributed by atoms with Crippen LogP contribution in [0.4, 0.5) is 0 Å². The molecule has 0 aromatic carbocycles. The minimum Gasteiger partial charge on any atom is -0.381 e. The van der Waals surface area contributed by atoms with Crippen molar-refractivity contribution >= 4 is 17.2 Å². The van der Waals surface area contributed by atoms with Gasteiger partial charge >= 0.3 is 0 Å². The molecule has 1 amide bonds. The van der Waals surface area contributed by atoms with Crippen molar-refractivity contribution < 1.29 is 19.0 Å². The molecule has 3 fully saturated rings. The summed E-state index contributed by atoms with van der Waals surface area (Å²) in [5, 5.41) is 3.08. The fraction of sp³-hybridized carbons (Fsp3) is 0.750. The number of hydrogen-bond donors (Lipinski definition) is 0. The molecule has 0 saturated carbocycles. The van der Waals surface area contributed by atoms with Gasteiger partial charge in [0.25, 0.3) is 0 Å². The fourth-order valence-electron chi connectivity index (χ4n) is 3.76. The molecule has 3 aliphatic heterocycles. The van der Waals surface area contributed by atoms with Crippen LogP contribution in [0.25, 0.3) is 0 Å². The van der Waals surface area contributed by atoms with Crippen LogP contribution in [-0.4, -0.2) is 60.9 Å². The molecular formula is C16H22N2O4S. The highest BCUT2D eigenvalue weighted by molar-refractivity contribution is 7.09. The van der Waals surface area contributed by atoms with E-state index in [1.54, 1.807) is 11.3 Å². The Labute approximate surface area is 139 Å². The van der Waals surface area contributed by atoms with Crippen LogP contribution in [0.1, 0.15) is 17.1 Å². The van der Waals surface area contributed by atoms with Crippen LogP contribution in [0.5, 0.6) is 0 Å². The van der Waals surface area contributed by atoms with Crippen molar-refractivity contribution in [1.82, 2.24) is 9.88 Å². The number of aryl methyl sites for hydroxylation is 1. The quantitative estimate of drug-likeness (QED) is 0.826. The number of aromatic nitrogens is 1. The number of fused-ring (bicyclic) bond motifs is 1. The van der Waals surface area contributed by atoms with Crippen molar-refractivity contribution in [1.29, 1.82) is 0 Å². The number of amides is 1. The van der Waals surface area contributed by atoms with Crippen molar-refractivity contribution in [3.05, 3.63) is 16.1 Å². The average molecular weight is 338 g/mol. The molecule has 23 heavy (non-hydrogen) atoms. The van der Waals surface area contributed by atoms with Crippen molar-refractivity contribution in [2.24, 2.45) is 11.8 Å². The highest BCUT2D eigenvalue weighted by atomic mass is 32.1. The molecule has 4 rings (SSSR count). The maximum Gasteiger partial charge on any atom is 0.228 e. The Morgan fingerprint density at radius 1 is 1.43 bits per heavy atom. The second-order valence-corrected chi connectivity index (χ2v) is 7.59. The maximum atomic E-state index is 12.7. The lowest BCUT2D eigenvalue weighted by Gasteiger charge is -2.25. The van der Waals surface area contributed by atoms with Crippen LogP contribution < -0.4 is 0 Å². The molecular weight excluding hydrogens is 316 g/mol. The highest BCUT2D eigenvalue weighted by Crippen LogP contribution is 2.34. The predicted molar refractivity (Wildman–Crippen MR) is 84.2 cm³/mol. The van der Waals surface area contributed by atoms with E-state index in [1.807, 2.05) is 17.2 Å². The van der Waals surface area contributed by atoms with Crippen molar-refractivity contribution in [3.63, 3.8) is 0 Å². The molecule has 1 aromatic rings. The van der Waals surface area contributed by atoms with Gasteiger partial charge in [-0.1, -0.05) is 0 Å². The van der Waals surface area contributed by atoms with Crippen LogP contribution >= 0.6 is 11.3 Å². The normalized spacial score (nSPS) is 33.3. The van der Waals surface area contributed by atoms with Gasteiger partial charge in [0.1, 0.15) is 0 Å². The largest absolute Gasteiger partial charge is 0.381 e. The first-order chi connectivity index (χ1) is 11.2. The summed E-state index contributed by atoms with van der Waals surface area (Å²) in [5.74, 6) is 0.496. The second kappa shape index (κ2) is 6.47. The average Bonchev–Trinajstić information content (AvgIpc) is 3.30. The lowest BCUT2D eigenvalue weighted by atomic mass is 10.0. The third kappa shape index (κ3) is 3.03. The van der Waals surface area contributed by atoms with Crippen molar-refractivity contribution in [2.45, 2.75) is 32.1 Å². The summed E-state index contributed by atoms with van der Waals surface area (Å²) in [6.45, 7) is 5.71. The van der Waals surface area contributed by atoms with Gasteiger partial charge < -0.3 is 19.1 Å². The van der Waals surface area contributed by atoms with Crippen molar-refractivity contribution in [2.75, 3.05) is 33.0 Å². The van der Waals surface area contributed by atoms with Gasteiger partial charge in [-0.2, -0.15) is 0 Å². The maximum absolute atomic E-state index is 12.7. The Bertz CT molecular complexity index is 572. The van der Waals surface area contributed by atoms with E-state index < -0.39 is 0 Å². The summed E-state index contributed by atoms with van der Waals surface area (Å²) in [7, 11) is 0. The fourth-order valence-corrected chi connectivity index (χ4v) is 4.36. The Hall–Kier alpha value is -1.02. The molecule has 7 heteroatoms. The molecule has 126 valence electrons. The summed E-state index contributed by atoms with van der Waals surface area (Å²) in [6, 6.07) is 0.158. The number of thiazole rings is 1. The minimum absolute atomic E-state index is 0.0104. The Morgan fingerprint density at radius 2 is 2.35 bits per heavy atom. The predicted octanol–water partition coefficient (Wildman–Crippen LogP) is 1.23. The SMILES string of the molecule is Cc1nc(CO[C@H]2CN(C(=O)C3CCOC3)[C@@H]3COC[C@H]23)cs1. The van der Waals surface area contributed by atoms with Crippen LogP contribution in [-0.2, 0) is 25.6 Å².